The molecule has 0 amide bonds. The maximum absolute atomic E-state index is 10.7. The van der Waals surface area contributed by atoms with Gasteiger partial charge in [0.15, 0.2) is 0 Å². The molecule has 0 aliphatic carbocycles. The van der Waals surface area contributed by atoms with Gasteiger partial charge in [-0.15, -0.1) is 0 Å². The molecule has 0 saturated carbocycles. The van der Waals surface area contributed by atoms with Gasteiger partial charge < -0.3 is 9.53 Å². The number of aliphatic hydroxyl groups is 1. The topological polar surface area (TPSA) is 29.5 Å². The number of rotatable bonds is 5. The highest BCUT2D eigenvalue weighted by molar-refractivity contribution is 6.91. The number of aliphatic hydroxyl groups excluding tert-OH is 1. The average Bonchev–Trinajstić information content (AvgIpc) is 2.54. The third kappa shape index (κ3) is 4.05. The fraction of sp³-hybridized carbons (Fsp3) is 0.455. The average molecular weight is 357 g/mol. The molecule has 0 aliphatic heterocycles. The summed E-state index contributed by atoms with van der Waals surface area (Å²) in [4.78, 5) is 0. The molecular formula is C22H32O2Si. The summed E-state index contributed by atoms with van der Waals surface area (Å²) in [6, 6.07) is 20.4. The van der Waals surface area contributed by atoms with E-state index in [0.29, 0.717) is 6.61 Å². The lowest BCUT2D eigenvalue weighted by atomic mass is 10.1. The minimum atomic E-state index is -2.43. The predicted octanol–water partition coefficient (Wildman–Crippen LogP) is 5.19. The summed E-state index contributed by atoms with van der Waals surface area (Å²) in [6.07, 6.45) is -0.610. The SMILES string of the molecule is CC(C)(C)[Si](OCC(O)c1ccccc1)(c1ccccc1)C(C)(C)C. The van der Waals surface area contributed by atoms with Crippen molar-refractivity contribution in [1.29, 1.82) is 0 Å². The van der Waals surface area contributed by atoms with Gasteiger partial charge in [-0.25, -0.2) is 0 Å². The molecule has 136 valence electrons. The van der Waals surface area contributed by atoms with Gasteiger partial charge in [0.2, 0.25) is 8.32 Å². The maximum atomic E-state index is 10.7. The lowest BCUT2D eigenvalue weighted by molar-refractivity contribution is 0.0968. The number of hydrogen-bond acceptors (Lipinski definition) is 2. The summed E-state index contributed by atoms with van der Waals surface area (Å²) in [5, 5.41) is 11.9. The lowest BCUT2D eigenvalue weighted by Crippen LogP contribution is -2.64. The van der Waals surface area contributed by atoms with Crippen LogP contribution in [0.1, 0.15) is 53.2 Å². The molecule has 0 radical (unpaired) electrons. The van der Waals surface area contributed by atoms with E-state index in [0.717, 1.165) is 5.56 Å². The monoisotopic (exact) mass is 356 g/mol. The van der Waals surface area contributed by atoms with Crippen molar-refractivity contribution in [3.05, 3.63) is 66.2 Å². The largest absolute Gasteiger partial charge is 0.408 e. The van der Waals surface area contributed by atoms with E-state index >= 15 is 0 Å². The fourth-order valence-corrected chi connectivity index (χ4v) is 10.2. The second-order valence-electron chi connectivity index (χ2n) is 8.78. The van der Waals surface area contributed by atoms with Crippen LogP contribution in [0, 0.1) is 0 Å². The van der Waals surface area contributed by atoms with Gasteiger partial charge in [-0.2, -0.15) is 0 Å². The summed E-state index contributed by atoms with van der Waals surface area (Å²) < 4.78 is 6.75. The Morgan fingerprint density at radius 1 is 0.800 bits per heavy atom. The molecule has 2 aromatic carbocycles. The Balaban J connectivity index is 2.42. The Morgan fingerprint density at radius 2 is 1.24 bits per heavy atom. The Hall–Kier alpha value is -1.42. The zero-order chi connectivity index (χ0) is 18.7. The van der Waals surface area contributed by atoms with Crippen LogP contribution < -0.4 is 5.19 Å². The first-order valence-electron chi connectivity index (χ1n) is 9.02. The molecule has 1 unspecified atom stereocenters. The normalized spacial score (nSPS) is 14.4. The van der Waals surface area contributed by atoms with Gasteiger partial charge in [0.25, 0.3) is 0 Å². The van der Waals surface area contributed by atoms with Crippen LogP contribution in [0.5, 0.6) is 0 Å². The Bertz CT molecular complexity index is 640. The first kappa shape index (κ1) is 19.9. The fourth-order valence-electron chi connectivity index (χ4n) is 4.16. The van der Waals surface area contributed by atoms with Crippen molar-refractivity contribution in [2.75, 3.05) is 6.61 Å². The van der Waals surface area contributed by atoms with Crippen LogP contribution in [0.2, 0.25) is 10.1 Å². The van der Waals surface area contributed by atoms with Crippen LogP contribution in [0.15, 0.2) is 60.7 Å². The lowest BCUT2D eigenvalue weighted by Gasteiger charge is -2.51. The predicted molar refractivity (Wildman–Crippen MR) is 109 cm³/mol. The molecule has 0 bridgehead atoms. The minimum Gasteiger partial charge on any atom is -0.408 e. The van der Waals surface area contributed by atoms with Crippen LogP contribution in [0.3, 0.4) is 0 Å². The standard InChI is InChI=1S/C22H32O2Si/c1-21(2,3)25(22(4,5)6,19-15-11-8-12-16-19)24-17-20(23)18-13-9-7-10-14-18/h7-16,20,23H,17H2,1-6H3. The number of benzene rings is 2. The van der Waals surface area contributed by atoms with Gasteiger partial charge in [0, 0.05) is 0 Å². The van der Waals surface area contributed by atoms with Gasteiger partial charge in [0.05, 0.1) is 6.61 Å². The molecule has 1 atom stereocenters. The Morgan fingerprint density at radius 3 is 1.68 bits per heavy atom. The molecule has 0 heterocycles. The smallest absolute Gasteiger partial charge is 0.234 e. The van der Waals surface area contributed by atoms with Crippen molar-refractivity contribution in [3.63, 3.8) is 0 Å². The quantitative estimate of drug-likeness (QED) is 0.747. The van der Waals surface area contributed by atoms with Gasteiger partial charge in [0.1, 0.15) is 6.10 Å². The molecule has 25 heavy (non-hydrogen) atoms. The van der Waals surface area contributed by atoms with E-state index in [1.165, 1.54) is 5.19 Å². The molecule has 1 N–H and O–H groups in total. The van der Waals surface area contributed by atoms with Crippen LogP contribution in [-0.4, -0.2) is 20.0 Å². The third-order valence-corrected chi connectivity index (χ3v) is 10.9. The molecule has 0 fully saturated rings. The van der Waals surface area contributed by atoms with E-state index < -0.39 is 14.4 Å². The molecular weight excluding hydrogens is 324 g/mol. The van der Waals surface area contributed by atoms with Crippen molar-refractivity contribution >= 4 is 13.5 Å². The highest BCUT2D eigenvalue weighted by Gasteiger charge is 2.56. The second-order valence-corrected chi connectivity index (χ2v) is 14.0. The van der Waals surface area contributed by atoms with E-state index in [-0.39, 0.29) is 10.1 Å². The molecule has 3 heteroatoms. The summed E-state index contributed by atoms with van der Waals surface area (Å²) >= 11 is 0. The van der Waals surface area contributed by atoms with Crippen molar-refractivity contribution in [3.8, 4) is 0 Å². The second kappa shape index (κ2) is 7.44. The Labute approximate surface area is 154 Å². The number of hydrogen-bond donors (Lipinski definition) is 1. The van der Waals surface area contributed by atoms with Crippen LogP contribution in [-0.2, 0) is 4.43 Å². The van der Waals surface area contributed by atoms with E-state index in [9.17, 15) is 5.11 Å². The van der Waals surface area contributed by atoms with E-state index in [2.05, 4.69) is 65.8 Å². The Kier molecular flexibility index (Phi) is 5.92. The first-order valence-corrected chi connectivity index (χ1v) is 10.9. The van der Waals surface area contributed by atoms with Crippen molar-refractivity contribution < 1.29 is 9.53 Å². The van der Waals surface area contributed by atoms with E-state index in [1.807, 2.05) is 36.4 Å². The zero-order valence-corrected chi connectivity index (χ0v) is 17.4. The van der Waals surface area contributed by atoms with Crippen molar-refractivity contribution in [1.82, 2.24) is 0 Å². The molecule has 0 aromatic heterocycles. The molecule has 2 aromatic rings. The van der Waals surface area contributed by atoms with E-state index in [4.69, 9.17) is 4.43 Å². The summed E-state index contributed by atoms with van der Waals surface area (Å²) in [5.41, 5.74) is 0.904. The van der Waals surface area contributed by atoms with Crippen molar-refractivity contribution in [2.45, 2.75) is 57.7 Å². The van der Waals surface area contributed by atoms with Crippen LogP contribution >= 0.6 is 0 Å². The van der Waals surface area contributed by atoms with Gasteiger partial charge in [-0.05, 0) is 20.8 Å². The maximum Gasteiger partial charge on any atom is 0.234 e. The molecule has 0 spiro atoms. The molecule has 0 saturated heterocycles. The molecule has 2 rings (SSSR count). The zero-order valence-electron chi connectivity index (χ0n) is 16.4. The summed E-state index contributed by atoms with van der Waals surface area (Å²) in [6.45, 7) is 13.9. The van der Waals surface area contributed by atoms with Gasteiger partial charge in [-0.1, -0.05) is 102 Å². The minimum absolute atomic E-state index is 0.0109. The van der Waals surface area contributed by atoms with Crippen LogP contribution in [0.25, 0.3) is 0 Å². The molecule has 0 aliphatic rings. The first-order chi connectivity index (χ1) is 11.6. The summed E-state index contributed by atoms with van der Waals surface area (Å²) in [5.74, 6) is 0. The molecule has 2 nitrogen and oxygen atoms in total. The van der Waals surface area contributed by atoms with Crippen molar-refractivity contribution in [2.24, 2.45) is 0 Å². The summed E-state index contributed by atoms with van der Waals surface area (Å²) in [7, 11) is -2.43. The van der Waals surface area contributed by atoms with Gasteiger partial charge >= 0.3 is 0 Å². The highest BCUT2D eigenvalue weighted by atomic mass is 28.4. The highest BCUT2D eigenvalue weighted by Crippen LogP contribution is 2.51. The van der Waals surface area contributed by atoms with Crippen LogP contribution in [0.4, 0.5) is 0 Å². The van der Waals surface area contributed by atoms with E-state index in [1.54, 1.807) is 0 Å². The third-order valence-electron chi connectivity index (χ3n) is 4.93. The van der Waals surface area contributed by atoms with Gasteiger partial charge in [-0.3, -0.25) is 0 Å².